The van der Waals surface area contributed by atoms with Gasteiger partial charge in [0.05, 0.1) is 17.7 Å². The van der Waals surface area contributed by atoms with Crippen LogP contribution in [0.5, 0.6) is 0 Å². The quantitative estimate of drug-likeness (QED) is 0.601. The highest BCUT2D eigenvalue weighted by atomic mass is 16.6. The second-order valence-corrected chi connectivity index (χ2v) is 3.62. The van der Waals surface area contributed by atoms with Crippen molar-refractivity contribution in [1.82, 2.24) is 4.90 Å². The van der Waals surface area contributed by atoms with E-state index in [9.17, 15) is 4.79 Å². The molecule has 2 heterocycles. The largest absolute Gasteiger partial charge is 0.395 e. The Labute approximate surface area is 77.5 Å². The van der Waals surface area contributed by atoms with Gasteiger partial charge in [-0.05, 0) is 6.42 Å². The highest BCUT2D eigenvalue weighted by molar-refractivity contribution is 5.96. The van der Waals surface area contributed by atoms with E-state index in [0.717, 1.165) is 31.5 Å². The van der Waals surface area contributed by atoms with Crippen LogP contribution in [0.4, 0.5) is 0 Å². The van der Waals surface area contributed by atoms with Crippen molar-refractivity contribution in [3.05, 3.63) is 0 Å². The fraction of sp³-hybridized carbons (Fsp3) is 0.778. The molecule has 72 valence electrons. The minimum absolute atomic E-state index is 0.204. The van der Waals surface area contributed by atoms with Gasteiger partial charge in [-0.3, -0.25) is 4.79 Å². The predicted molar refractivity (Wildman–Crippen MR) is 48.3 cm³/mol. The van der Waals surface area contributed by atoms with E-state index in [1.54, 1.807) is 0 Å². The Bertz CT molecular complexity index is 240. The number of hydrogen-bond acceptors (Lipinski definition) is 3. The van der Waals surface area contributed by atoms with Crippen LogP contribution in [0.1, 0.15) is 19.8 Å². The normalized spacial score (nSPS) is 31.2. The summed E-state index contributed by atoms with van der Waals surface area (Å²) in [5.41, 5.74) is 1.08. The summed E-state index contributed by atoms with van der Waals surface area (Å²) in [6.07, 6.45) is 3.00. The van der Waals surface area contributed by atoms with Crippen LogP contribution in [0.15, 0.2) is 5.16 Å². The maximum Gasteiger partial charge on any atom is 0.210 e. The van der Waals surface area contributed by atoms with Crippen LogP contribution in [0.3, 0.4) is 0 Å². The van der Waals surface area contributed by atoms with Crippen molar-refractivity contribution in [3.63, 3.8) is 0 Å². The number of nitrogens with zero attached hydrogens (tertiary/aromatic N) is 2. The number of oxime groups is 1. The third kappa shape index (κ3) is 1.30. The number of hydrogen-bond donors (Lipinski definition) is 0. The van der Waals surface area contributed by atoms with Gasteiger partial charge in [0.1, 0.15) is 6.61 Å². The van der Waals surface area contributed by atoms with Gasteiger partial charge in [0.2, 0.25) is 6.41 Å². The number of carbonyl (C=O) groups excluding carboxylic acids is 1. The van der Waals surface area contributed by atoms with Gasteiger partial charge in [-0.1, -0.05) is 18.5 Å². The molecule has 13 heavy (non-hydrogen) atoms. The summed E-state index contributed by atoms with van der Waals surface area (Å²) >= 11 is 0. The predicted octanol–water partition coefficient (Wildman–Crippen LogP) is 0.629. The Morgan fingerprint density at radius 2 is 2.62 bits per heavy atom. The van der Waals surface area contributed by atoms with Gasteiger partial charge in [0, 0.05) is 6.54 Å². The third-order valence-corrected chi connectivity index (χ3v) is 2.73. The van der Waals surface area contributed by atoms with E-state index in [1.807, 2.05) is 4.90 Å². The van der Waals surface area contributed by atoms with E-state index in [4.69, 9.17) is 4.84 Å². The Morgan fingerprint density at radius 3 is 3.31 bits per heavy atom. The Kier molecular flexibility index (Phi) is 2.20. The lowest BCUT2D eigenvalue weighted by molar-refractivity contribution is -0.118. The van der Waals surface area contributed by atoms with Gasteiger partial charge in [-0.25, -0.2) is 0 Å². The van der Waals surface area contributed by atoms with E-state index in [1.165, 1.54) is 0 Å². The summed E-state index contributed by atoms with van der Waals surface area (Å²) in [5, 5.41) is 4.01. The highest BCUT2D eigenvalue weighted by Crippen LogP contribution is 2.26. The van der Waals surface area contributed by atoms with Crippen LogP contribution in [-0.2, 0) is 9.63 Å². The second kappa shape index (κ2) is 3.36. The first-order valence-corrected chi connectivity index (χ1v) is 4.77. The number of carbonyl (C=O) groups is 1. The third-order valence-electron chi connectivity index (χ3n) is 2.73. The lowest BCUT2D eigenvalue weighted by Crippen LogP contribution is -2.31. The maximum atomic E-state index is 10.8. The van der Waals surface area contributed by atoms with Crippen molar-refractivity contribution in [2.45, 2.75) is 25.8 Å². The molecule has 4 heteroatoms. The van der Waals surface area contributed by atoms with Crippen molar-refractivity contribution >= 4 is 12.1 Å². The number of likely N-dealkylation sites (tertiary alicyclic amines) is 1. The Hall–Kier alpha value is -1.06. The van der Waals surface area contributed by atoms with Crippen LogP contribution >= 0.6 is 0 Å². The topological polar surface area (TPSA) is 41.9 Å². The van der Waals surface area contributed by atoms with E-state index in [0.29, 0.717) is 12.5 Å². The zero-order valence-electron chi connectivity index (χ0n) is 7.77. The van der Waals surface area contributed by atoms with Crippen LogP contribution < -0.4 is 0 Å². The van der Waals surface area contributed by atoms with E-state index in [-0.39, 0.29) is 6.04 Å². The number of fused-ring (bicyclic) bond motifs is 1. The monoisotopic (exact) mass is 182 g/mol. The fourth-order valence-electron chi connectivity index (χ4n) is 2.10. The first kappa shape index (κ1) is 8.53. The van der Waals surface area contributed by atoms with Crippen molar-refractivity contribution in [2.24, 2.45) is 11.1 Å². The molecule has 0 N–H and O–H groups in total. The van der Waals surface area contributed by atoms with Gasteiger partial charge in [0.15, 0.2) is 0 Å². The van der Waals surface area contributed by atoms with Crippen molar-refractivity contribution < 1.29 is 9.63 Å². The first-order valence-electron chi connectivity index (χ1n) is 4.77. The molecule has 0 aromatic heterocycles. The molecule has 2 unspecified atom stereocenters. The molecule has 0 bridgehead atoms. The highest BCUT2D eigenvalue weighted by Gasteiger charge is 2.40. The molecular weight excluding hydrogens is 168 g/mol. The molecule has 2 aliphatic rings. The average Bonchev–Trinajstić information content (AvgIpc) is 2.67. The summed E-state index contributed by atoms with van der Waals surface area (Å²) < 4.78 is 0. The summed E-state index contributed by atoms with van der Waals surface area (Å²) in [6.45, 7) is 3.56. The SMILES string of the molecule is CCCC1C2=NOCC2CN1C=O. The molecule has 4 nitrogen and oxygen atoms in total. The molecule has 0 radical (unpaired) electrons. The van der Waals surface area contributed by atoms with E-state index >= 15 is 0 Å². The molecule has 2 rings (SSSR count). The van der Waals surface area contributed by atoms with E-state index in [2.05, 4.69) is 12.1 Å². The number of amides is 1. The van der Waals surface area contributed by atoms with Crippen LogP contribution in [0, 0.1) is 5.92 Å². The van der Waals surface area contributed by atoms with Gasteiger partial charge in [0.25, 0.3) is 0 Å². The summed E-state index contributed by atoms with van der Waals surface area (Å²) in [4.78, 5) is 17.6. The second-order valence-electron chi connectivity index (χ2n) is 3.62. The van der Waals surface area contributed by atoms with E-state index < -0.39 is 0 Å². The molecule has 0 saturated carbocycles. The Balaban J connectivity index is 2.14. The molecule has 0 aliphatic carbocycles. The van der Waals surface area contributed by atoms with Crippen molar-refractivity contribution in [1.29, 1.82) is 0 Å². The van der Waals surface area contributed by atoms with Gasteiger partial charge in [-0.15, -0.1) is 0 Å². The van der Waals surface area contributed by atoms with Gasteiger partial charge < -0.3 is 9.74 Å². The van der Waals surface area contributed by atoms with Crippen LogP contribution in [0.2, 0.25) is 0 Å². The van der Waals surface area contributed by atoms with Gasteiger partial charge >= 0.3 is 0 Å². The minimum atomic E-state index is 0.204. The maximum absolute atomic E-state index is 10.8. The summed E-state index contributed by atoms with van der Waals surface area (Å²) in [6, 6.07) is 0.204. The van der Waals surface area contributed by atoms with Crippen molar-refractivity contribution in [2.75, 3.05) is 13.2 Å². The van der Waals surface area contributed by atoms with Crippen LogP contribution in [0.25, 0.3) is 0 Å². The molecule has 2 aliphatic heterocycles. The zero-order valence-corrected chi connectivity index (χ0v) is 7.77. The number of rotatable bonds is 3. The molecule has 1 amide bonds. The molecular formula is C9H14N2O2. The van der Waals surface area contributed by atoms with Gasteiger partial charge in [-0.2, -0.15) is 0 Å². The molecule has 0 aromatic rings. The lowest BCUT2D eigenvalue weighted by Gasteiger charge is -2.18. The smallest absolute Gasteiger partial charge is 0.210 e. The summed E-state index contributed by atoms with van der Waals surface area (Å²) in [5.74, 6) is 0.363. The minimum Gasteiger partial charge on any atom is -0.395 e. The fourth-order valence-corrected chi connectivity index (χ4v) is 2.10. The summed E-state index contributed by atoms with van der Waals surface area (Å²) in [7, 11) is 0. The first-order chi connectivity index (χ1) is 6.36. The standard InChI is InChI=1S/C9H14N2O2/c1-2-3-8-9-7(5-13-10-9)4-11(8)6-12/h6-8H,2-5H2,1H3. The molecule has 0 spiro atoms. The van der Waals surface area contributed by atoms with Crippen LogP contribution in [-0.4, -0.2) is 36.2 Å². The lowest BCUT2D eigenvalue weighted by atomic mass is 10.0. The molecule has 1 fully saturated rings. The molecule has 2 atom stereocenters. The average molecular weight is 182 g/mol. The molecule has 1 saturated heterocycles. The Morgan fingerprint density at radius 1 is 1.77 bits per heavy atom. The molecule has 0 aromatic carbocycles. The van der Waals surface area contributed by atoms with Crippen molar-refractivity contribution in [3.8, 4) is 0 Å². The zero-order chi connectivity index (χ0) is 9.26.